The molecule has 3 aromatic carbocycles. The molecule has 3 nitrogen and oxygen atoms in total. The second-order valence-corrected chi connectivity index (χ2v) is 7.86. The Morgan fingerprint density at radius 1 is 0.920 bits per heavy atom. The predicted molar refractivity (Wildman–Crippen MR) is 95.4 cm³/mol. The van der Waals surface area contributed by atoms with Crippen molar-refractivity contribution < 1.29 is 17.9 Å². The van der Waals surface area contributed by atoms with Crippen LogP contribution < -0.4 is 0 Å². The molecule has 25 heavy (non-hydrogen) atoms. The van der Waals surface area contributed by atoms with Gasteiger partial charge in [0.2, 0.25) is 0 Å². The molecule has 0 fully saturated rings. The number of aliphatic hydroxyl groups excluding tert-OH is 1. The molecule has 0 aromatic heterocycles. The van der Waals surface area contributed by atoms with Crippen LogP contribution in [0.25, 0.3) is 11.1 Å². The van der Waals surface area contributed by atoms with Crippen LogP contribution in [0.4, 0.5) is 4.39 Å². The maximum Gasteiger partial charge on any atom is 0.175 e. The molecule has 1 atom stereocenters. The van der Waals surface area contributed by atoms with E-state index >= 15 is 0 Å². The zero-order chi connectivity index (χ0) is 18.0. The van der Waals surface area contributed by atoms with Crippen molar-refractivity contribution in [3.63, 3.8) is 0 Å². The highest BCUT2D eigenvalue weighted by Gasteiger charge is 2.16. The molecule has 0 bridgehead atoms. The minimum absolute atomic E-state index is 0.236. The van der Waals surface area contributed by atoms with Gasteiger partial charge in [0.25, 0.3) is 0 Å². The van der Waals surface area contributed by atoms with Crippen LogP contribution in [-0.2, 0) is 9.84 Å². The highest BCUT2D eigenvalue weighted by Crippen LogP contribution is 2.32. The average molecular weight is 356 g/mol. The van der Waals surface area contributed by atoms with E-state index in [9.17, 15) is 17.9 Å². The molecule has 5 heteroatoms. The van der Waals surface area contributed by atoms with E-state index in [1.54, 1.807) is 36.4 Å². The van der Waals surface area contributed by atoms with Crippen LogP contribution in [0.5, 0.6) is 0 Å². The van der Waals surface area contributed by atoms with Gasteiger partial charge in [-0.15, -0.1) is 0 Å². The number of aliphatic hydroxyl groups is 1. The minimum Gasteiger partial charge on any atom is -0.384 e. The topological polar surface area (TPSA) is 54.4 Å². The summed E-state index contributed by atoms with van der Waals surface area (Å²) in [7, 11) is -3.27. The Labute approximate surface area is 146 Å². The molecule has 0 aliphatic carbocycles. The third-order valence-electron chi connectivity index (χ3n) is 4.01. The summed E-state index contributed by atoms with van der Waals surface area (Å²) < 4.78 is 36.6. The van der Waals surface area contributed by atoms with Gasteiger partial charge in [0.1, 0.15) is 11.9 Å². The molecule has 3 aromatic rings. The van der Waals surface area contributed by atoms with Gasteiger partial charge in [0.15, 0.2) is 9.84 Å². The second-order valence-electron chi connectivity index (χ2n) is 5.84. The fourth-order valence-electron chi connectivity index (χ4n) is 2.74. The molecule has 0 heterocycles. The molecule has 1 N–H and O–H groups in total. The fourth-order valence-corrected chi connectivity index (χ4v) is 3.37. The van der Waals surface area contributed by atoms with Gasteiger partial charge in [-0.05, 0) is 46.5 Å². The standard InChI is InChI=1S/C20H17FO3S/c1-25(23,24)17-11-9-14(10-12-17)18-7-2-3-8-19(18)20(22)15-5-4-6-16(21)13-15/h2-13,20,22H,1H3. The Balaban J connectivity index is 2.04. The lowest BCUT2D eigenvalue weighted by Gasteiger charge is -2.16. The Morgan fingerprint density at radius 3 is 2.24 bits per heavy atom. The summed E-state index contributed by atoms with van der Waals surface area (Å²) in [4.78, 5) is 0.236. The molecule has 3 rings (SSSR count). The average Bonchev–Trinajstić information content (AvgIpc) is 2.60. The summed E-state index contributed by atoms with van der Waals surface area (Å²) in [6.07, 6.45) is 0.172. The zero-order valence-electron chi connectivity index (χ0n) is 13.6. The van der Waals surface area contributed by atoms with Crippen molar-refractivity contribution in [2.75, 3.05) is 6.26 Å². The van der Waals surface area contributed by atoms with E-state index in [1.165, 1.54) is 24.3 Å². The number of halogens is 1. The lowest BCUT2D eigenvalue weighted by Crippen LogP contribution is -2.02. The van der Waals surface area contributed by atoms with Gasteiger partial charge in [-0.25, -0.2) is 12.8 Å². The van der Waals surface area contributed by atoms with Gasteiger partial charge in [-0.2, -0.15) is 0 Å². The Morgan fingerprint density at radius 2 is 1.60 bits per heavy atom. The molecular weight excluding hydrogens is 339 g/mol. The fraction of sp³-hybridized carbons (Fsp3) is 0.100. The van der Waals surface area contributed by atoms with Crippen molar-refractivity contribution in [1.29, 1.82) is 0 Å². The highest BCUT2D eigenvalue weighted by atomic mass is 32.2. The summed E-state index contributed by atoms with van der Waals surface area (Å²) in [6.45, 7) is 0. The molecule has 128 valence electrons. The van der Waals surface area contributed by atoms with Gasteiger partial charge in [-0.1, -0.05) is 48.5 Å². The van der Waals surface area contributed by atoms with Crippen molar-refractivity contribution in [3.05, 3.63) is 89.7 Å². The summed E-state index contributed by atoms with van der Waals surface area (Å²) in [6, 6.07) is 19.6. The predicted octanol–water partition coefficient (Wildman–Crippen LogP) is 3.98. The first kappa shape index (κ1) is 17.3. The molecular formula is C20H17FO3S. The molecule has 1 unspecified atom stereocenters. The van der Waals surface area contributed by atoms with Crippen LogP contribution in [0.3, 0.4) is 0 Å². The first-order valence-electron chi connectivity index (χ1n) is 7.69. The molecule has 0 amide bonds. The van der Waals surface area contributed by atoms with Crippen molar-refractivity contribution in [2.45, 2.75) is 11.0 Å². The number of rotatable bonds is 4. The number of hydrogen-bond donors (Lipinski definition) is 1. The lowest BCUT2D eigenvalue weighted by molar-refractivity contribution is 0.220. The van der Waals surface area contributed by atoms with Crippen LogP contribution in [-0.4, -0.2) is 19.8 Å². The molecule has 0 saturated carbocycles. The molecule has 0 aliphatic heterocycles. The number of hydrogen-bond acceptors (Lipinski definition) is 3. The lowest BCUT2D eigenvalue weighted by atomic mass is 9.93. The first-order chi connectivity index (χ1) is 11.9. The molecule has 0 aliphatic rings. The normalized spacial score (nSPS) is 12.8. The van der Waals surface area contributed by atoms with Gasteiger partial charge in [0.05, 0.1) is 4.90 Å². The van der Waals surface area contributed by atoms with Gasteiger partial charge in [0, 0.05) is 6.26 Å². The second kappa shape index (κ2) is 6.78. The van der Waals surface area contributed by atoms with Crippen molar-refractivity contribution in [2.24, 2.45) is 0 Å². The quantitative estimate of drug-likeness (QED) is 0.769. The monoisotopic (exact) mass is 356 g/mol. The van der Waals surface area contributed by atoms with Crippen molar-refractivity contribution in [3.8, 4) is 11.1 Å². The third-order valence-corrected chi connectivity index (χ3v) is 5.14. The van der Waals surface area contributed by atoms with E-state index in [1.807, 2.05) is 12.1 Å². The highest BCUT2D eigenvalue weighted by molar-refractivity contribution is 7.90. The molecule has 0 saturated heterocycles. The maximum absolute atomic E-state index is 13.5. The van der Waals surface area contributed by atoms with Gasteiger partial charge >= 0.3 is 0 Å². The Kier molecular flexibility index (Phi) is 4.70. The summed E-state index contributed by atoms with van der Waals surface area (Å²) in [5, 5.41) is 10.7. The summed E-state index contributed by atoms with van der Waals surface area (Å²) >= 11 is 0. The van der Waals surface area contributed by atoms with Crippen LogP contribution in [0.1, 0.15) is 17.2 Å². The summed E-state index contributed by atoms with van der Waals surface area (Å²) in [5.74, 6) is -0.411. The van der Waals surface area contributed by atoms with Crippen LogP contribution in [0.2, 0.25) is 0 Å². The smallest absolute Gasteiger partial charge is 0.175 e. The third kappa shape index (κ3) is 3.78. The SMILES string of the molecule is CS(=O)(=O)c1ccc(-c2ccccc2C(O)c2cccc(F)c2)cc1. The summed E-state index contributed by atoms with van der Waals surface area (Å²) in [5.41, 5.74) is 2.62. The van der Waals surface area contributed by atoms with Crippen molar-refractivity contribution in [1.82, 2.24) is 0 Å². The Hall–Kier alpha value is -2.50. The van der Waals surface area contributed by atoms with Crippen LogP contribution >= 0.6 is 0 Å². The number of benzene rings is 3. The van der Waals surface area contributed by atoms with E-state index < -0.39 is 21.8 Å². The maximum atomic E-state index is 13.5. The van der Waals surface area contributed by atoms with E-state index in [0.29, 0.717) is 11.1 Å². The van der Waals surface area contributed by atoms with E-state index in [0.717, 1.165) is 17.4 Å². The Bertz CT molecular complexity index is 995. The largest absolute Gasteiger partial charge is 0.384 e. The van der Waals surface area contributed by atoms with Crippen molar-refractivity contribution >= 4 is 9.84 Å². The van der Waals surface area contributed by atoms with E-state index in [-0.39, 0.29) is 4.90 Å². The van der Waals surface area contributed by atoms with E-state index in [4.69, 9.17) is 0 Å². The molecule has 0 radical (unpaired) electrons. The van der Waals surface area contributed by atoms with Gasteiger partial charge < -0.3 is 5.11 Å². The number of sulfone groups is 1. The van der Waals surface area contributed by atoms with E-state index in [2.05, 4.69) is 0 Å². The van der Waals surface area contributed by atoms with Gasteiger partial charge in [-0.3, -0.25) is 0 Å². The first-order valence-corrected chi connectivity index (χ1v) is 9.58. The molecule has 0 spiro atoms. The minimum atomic E-state index is -3.27. The van der Waals surface area contributed by atoms with Crippen LogP contribution in [0, 0.1) is 5.82 Å². The zero-order valence-corrected chi connectivity index (χ0v) is 14.4. The van der Waals surface area contributed by atoms with Crippen LogP contribution in [0.15, 0.2) is 77.7 Å².